The van der Waals surface area contributed by atoms with Crippen LogP contribution in [-0.4, -0.2) is 34.1 Å². The van der Waals surface area contributed by atoms with Crippen LogP contribution in [0.3, 0.4) is 0 Å². The molecule has 3 rings (SSSR count). The van der Waals surface area contributed by atoms with Crippen molar-refractivity contribution in [3.8, 4) is 11.4 Å². The summed E-state index contributed by atoms with van der Waals surface area (Å²) < 4.78 is 0. The summed E-state index contributed by atoms with van der Waals surface area (Å²) in [6, 6.07) is 8.02. The van der Waals surface area contributed by atoms with E-state index < -0.39 is 0 Å². The fraction of sp³-hybridized carbons (Fsp3) is 0.357. The normalized spacial score (nSPS) is 16.6. The van der Waals surface area contributed by atoms with Gasteiger partial charge in [0.05, 0.1) is 11.4 Å². The third-order valence-electron chi connectivity index (χ3n) is 3.39. The molecule has 0 saturated carbocycles. The first-order valence-corrected chi connectivity index (χ1v) is 6.58. The van der Waals surface area contributed by atoms with Gasteiger partial charge in [-0.1, -0.05) is 6.07 Å². The Morgan fingerprint density at radius 2 is 1.84 bits per heavy atom. The van der Waals surface area contributed by atoms with E-state index in [1.807, 2.05) is 24.3 Å². The van der Waals surface area contributed by atoms with E-state index in [1.54, 1.807) is 12.4 Å². The SMILES string of the molecule is NC1CCN(c2nccc(-c3ccccn3)n2)CC1. The van der Waals surface area contributed by atoms with E-state index >= 15 is 0 Å². The molecule has 2 aromatic rings. The van der Waals surface area contributed by atoms with E-state index in [9.17, 15) is 0 Å². The topological polar surface area (TPSA) is 67.9 Å². The van der Waals surface area contributed by atoms with Gasteiger partial charge in [0.2, 0.25) is 5.95 Å². The van der Waals surface area contributed by atoms with Gasteiger partial charge in [-0.25, -0.2) is 9.97 Å². The molecule has 98 valence electrons. The number of rotatable bonds is 2. The van der Waals surface area contributed by atoms with E-state index in [0.717, 1.165) is 43.3 Å². The first-order valence-electron chi connectivity index (χ1n) is 6.58. The number of aromatic nitrogens is 3. The molecule has 2 aromatic heterocycles. The van der Waals surface area contributed by atoms with Crippen LogP contribution in [0.25, 0.3) is 11.4 Å². The fourth-order valence-corrected chi connectivity index (χ4v) is 2.26. The highest BCUT2D eigenvalue weighted by Crippen LogP contribution is 2.19. The van der Waals surface area contributed by atoms with Crippen molar-refractivity contribution in [3.05, 3.63) is 36.7 Å². The van der Waals surface area contributed by atoms with Crippen molar-refractivity contribution in [1.29, 1.82) is 0 Å². The van der Waals surface area contributed by atoms with Gasteiger partial charge in [0.15, 0.2) is 0 Å². The second-order valence-electron chi connectivity index (χ2n) is 4.78. The molecule has 1 aliphatic heterocycles. The molecule has 0 aromatic carbocycles. The van der Waals surface area contributed by atoms with Gasteiger partial charge in [-0.2, -0.15) is 0 Å². The summed E-state index contributed by atoms with van der Waals surface area (Å²) in [5.74, 6) is 0.773. The standard InChI is InChI=1S/C14H17N5/c15-11-5-9-19(10-6-11)14-17-8-4-13(18-14)12-3-1-2-7-16-12/h1-4,7-8,11H,5-6,9-10,15H2. The van der Waals surface area contributed by atoms with Crippen LogP contribution in [0.1, 0.15) is 12.8 Å². The van der Waals surface area contributed by atoms with Crippen LogP contribution in [0.2, 0.25) is 0 Å². The molecule has 0 atom stereocenters. The molecule has 5 heteroatoms. The molecule has 1 saturated heterocycles. The Labute approximate surface area is 112 Å². The molecule has 0 spiro atoms. The molecule has 1 fully saturated rings. The van der Waals surface area contributed by atoms with Crippen molar-refractivity contribution in [2.75, 3.05) is 18.0 Å². The Bertz CT molecular complexity index is 535. The van der Waals surface area contributed by atoms with Gasteiger partial charge in [-0.15, -0.1) is 0 Å². The Kier molecular flexibility index (Phi) is 3.37. The number of pyridine rings is 1. The third kappa shape index (κ3) is 2.71. The van der Waals surface area contributed by atoms with E-state index in [0.29, 0.717) is 6.04 Å². The Hall–Kier alpha value is -2.01. The molecule has 19 heavy (non-hydrogen) atoms. The highest BCUT2D eigenvalue weighted by Gasteiger charge is 2.18. The second kappa shape index (κ2) is 5.32. The summed E-state index contributed by atoms with van der Waals surface area (Å²) in [5.41, 5.74) is 7.65. The average Bonchev–Trinajstić information content (AvgIpc) is 2.49. The first kappa shape index (κ1) is 12.0. The summed E-state index contributed by atoms with van der Waals surface area (Å²) in [4.78, 5) is 15.5. The zero-order valence-corrected chi connectivity index (χ0v) is 10.7. The Morgan fingerprint density at radius 1 is 1.00 bits per heavy atom. The number of hydrogen-bond donors (Lipinski definition) is 1. The molecule has 0 amide bonds. The lowest BCUT2D eigenvalue weighted by atomic mass is 10.1. The van der Waals surface area contributed by atoms with Gasteiger partial charge >= 0.3 is 0 Å². The van der Waals surface area contributed by atoms with Crippen LogP contribution in [-0.2, 0) is 0 Å². The van der Waals surface area contributed by atoms with Crippen molar-refractivity contribution in [2.24, 2.45) is 5.73 Å². The lowest BCUT2D eigenvalue weighted by Gasteiger charge is -2.30. The van der Waals surface area contributed by atoms with E-state index in [-0.39, 0.29) is 0 Å². The molecule has 0 radical (unpaired) electrons. The minimum absolute atomic E-state index is 0.315. The minimum atomic E-state index is 0.315. The Morgan fingerprint density at radius 3 is 2.58 bits per heavy atom. The maximum Gasteiger partial charge on any atom is 0.225 e. The number of nitrogens with zero attached hydrogens (tertiary/aromatic N) is 4. The van der Waals surface area contributed by atoms with E-state index in [1.165, 1.54) is 0 Å². The van der Waals surface area contributed by atoms with Gasteiger partial charge in [-0.05, 0) is 31.0 Å². The van der Waals surface area contributed by atoms with Gasteiger partial charge in [0.25, 0.3) is 0 Å². The highest BCUT2D eigenvalue weighted by atomic mass is 15.3. The van der Waals surface area contributed by atoms with E-state index in [4.69, 9.17) is 5.73 Å². The maximum atomic E-state index is 5.92. The summed E-state index contributed by atoms with van der Waals surface area (Å²) in [6.07, 6.45) is 5.56. The quantitative estimate of drug-likeness (QED) is 0.880. The number of anilines is 1. The summed E-state index contributed by atoms with van der Waals surface area (Å²) in [7, 11) is 0. The zero-order valence-electron chi connectivity index (χ0n) is 10.7. The van der Waals surface area contributed by atoms with Crippen molar-refractivity contribution < 1.29 is 0 Å². The van der Waals surface area contributed by atoms with Crippen LogP contribution in [0.5, 0.6) is 0 Å². The monoisotopic (exact) mass is 255 g/mol. The predicted molar refractivity (Wildman–Crippen MR) is 74.7 cm³/mol. The van der Waals surface area contributed by atoms with Gasteiger partial charge < -0.3 is 10.6 Å². The van der Waals surface area contributed by atoms with Crippen LogP contribution in [0, 0.1) is 0 Å². The molecule has 0 unspecified atom stereocenters. The zero-order chi connectivity index (χ0) is 13.1. The second-order valence-corrected chi connectivity index (χ2v) is 4.78. The molecule has 0 aliphatic carbocycles. The molecule has 2 N–H and O–H groups in total. The summed E-state index contributed by atoms with van der Waals surface area (Å²) in [5, 5.41) is 0. The van der Waals surface area contributed by atoms with Gasteiger partial charge in [0.1, 0.15) is 0 Å². The first-order chi connectivity index (χ1) is 9.33. The molecular formula is C14H17N5. The van der Waals surface area contributed by atoms with Crippen molar-refractivity contribution >= 4 is 5.95 Å². The smallest absolute Gasteiger partial charge is 0.225 e. The lowest BCUT2D eigenvalue weighted by Crippen LogP contribution is -2.40. The van der Waals surface area contributed by atoms with Crippen molar-refractivity contribution in [1.82, 2.24) is 15.0 Å². The highest BCUT2D eigenvalue weighted by molar-refractivity contribution is 5.55. The summed E-state index contributed by atoms with van der Waals surface area (Å²) in [6.45, 7) is 1.85. The molecule has 5 nitrogen and oxygen atoms in total. The van der Waals surface area contributed by atoms with E-state index in [2.05, 4.69) is 19.9 Å². The van der Waals surface area contributed by atoms with Gasteiger partial charge in [-0.3, -0.25) is 4.98 Å². The summed E-state index contributed by atoms with van der Waals surface area (Å²) >= 11 is 0. The van der Waals surface area contributed by atoms with Crippen molar-refractivity contribution in [2.45, 2.75) is 18.9 Å². The van der Waals surface area contributed by atoms with Gasteiger partial charge in [0, 0.05) is 31.5 Å². The molecule has 1 aliphatic rings. The van der Waals surface area contributed by atoms with Crippen molar-refractivity contribution in [3.63, 3.8) is 0 Å². The van der Waals surface area contributed by atoms with Crippen LogP contribution >= 0.6 is 0 Å². The predicted octanol–water partition coefficient (Wildman–Crippen LogP) is 1.47. The number of nitrogens with two attached hydrogens (primary N) is 1. The molecule has 3 heterocycles. The maximum absolute atomic E-state index is 5.92. The fourth-order valence-electron chi connectivity index (χ4n) is 2.26. The average molecular weight is 255 g/mol. The molecule has 0 bridgehead atoms. The van der Waals surface area contributed by atoms with Crippen LogP contribution in [0.4, 0.5) is 5.95 Å². The molecular weight excluding hydrogens is 238 g/mol. The third-order valence-corrected chi connectivity index (χ3v) is 3.39. The minimum Gasteiger partial charge on any atom is -0.341 e. The number of hydrogen-bond acceptors (Lipinski definition) is 5. The van der Waals surface area contributed by atoms with Crippen LogP contribution < -0.4 is 10.6 Å². The Balaban J connectivity index is 1.84. The number of piperidine rings is 1. The largest absolute Gasteiger partial charge is 0.341 e. The lowest BCUT2D eigenvalue weighted by molar-refractivity contribution is 0.495. The van der Waals surface area contributed by atoms with Crippen LogP contribution in [0.15, 0.2) is 36.7 Å².